The van der Waals surface area contributed by atoms with Gasteiger partial charge < -0.3 is 19.7 Å². The molecule has 0 saturated carbocycles. The summed E-state index contributed by atoms with van der Waals surface area (Å²) >= 11 is 6.36. The van der Waals surface area contributed by atoms with Crippen molar-refractivity contribution in [2.75, 3.05) is 29.8 Å². The van der Waals surface area contributed by atoms with Crippen molar-refractivity contribution >= 4 is 39.1 Å². The fourth-order valence-electron chi connectivity index (χ4n) is 3.77. The summed E-state index contributed by atoms with van der Waals surface area (Å²) in [5.41, 5.74) is 0.383. The lowest BCUT2D eigenvalue weighted by molar-refractivity contribution is -0.140. The summed E-state index contributed by atoms with van der Waals surface area (Å²) in [7, 11) is -3.86. The van der Waals surface area contributed by atoms with Crippen molar-refractivity contribution in [2.45, 2.75) is 52.7 Å². The van der Waals surface area contributed by atoms with Crippen LogP contribution in [0.15, 0.2) is 42.5 Å². The van der Waals surface area contributed by atoms with Crippen LogP contribution in [0, 0.1) is 0 Å². The number of carbonyl (C=O) groups is 2. The van der Waals surface area contributed by atoms with Crippen molar-refractivity contribution in [2.24, 2.45) is 0 Å². The van der Waals surface area contributed by atoms with Crippen LogP contribution in [0.3, 0.4) is 0 Å². The van der Waals surface area contributed by atoms with Crippen LogP contribution in [0.2, 0.25) is 5.02 Å². The molecule has 0 aromatic heterocycles. The molecule has 0 fully saturated rings. The van der Waals surface area contributed by atoms with Gasteiger partial charge in [-0.2, -0.15) is 0 Å². The van der Waals surface area contributed by atoms with Crippen LogP contribution in [0.1, 0.15) is 40.2 Å². The van der Waals surface area contributed by atoms with Crippen molar-refractivity contribution in [1.29, 1.82) is 0 Å². The molecule has 0 spiro atoms. The zero-order valence-corrected chi connectivity index (χ0v) is 23.4. The molecule has 1 atom stereocenters. The van der Waals surface area contributed by atoms with E-state index in [1.165, 1.54) is 11.8 Å². The topological polar surface area (TPSA) is 105 Å². The van der Waals surface area contributed by atoms with Gasteiger partial charge in [0, 0.05) is 23.2 Å². The number of ether oxygens (including phenoxy) is 2. The minimum Gasteiger partial charge on any atom is -0.486 e. The van der Waals surface area contributed by atoms with E-state index in [-0.39, 0.29) is 23.9 Å². The zero-order valence-electron chi connectivity index (χ0n) is 21.8. The van der Waals surface area contributed by atoms with Crippen LogP contribution >= 0.6 is 11.6 Å². The number of carbonyl (C=O) groups excluding carboxylic acids is 2. The Morgan fingerprint density at radius 1 is 1.08 bits per heavy atom. The molecule has 1 aliphatic rings. The van der Waals surface area contributed by atoms with E-state index in [0.29, 0.717) is 35.3 Å². The summed E-state index contributed by atoms with van der Waals surface area (Å²) < 4.78 is 38.4. The van der Waals surface area contributed by atoms with Gasteiger partial charge in [0.05, 0.1) is 11.4 Å². The Hall–Kier alpha value is -2.98. The summed E-state index contributed by atoms with van der Waals surface area (Å²) in [4.78, 5) is 28.1. The first kappa shape index (κ1) is 28.6. The van der Waals surface area contributed by atoms with E-state index in [0.717, 1.165) is 4.31 Å². The first-order valence-electron chi connectivity index (χ1n) is 12.1. The van der Waals surface area contributed by atoms with Crippen molar-refractivity contribution in [1.82, 2.24) is 10.2 Å². The number of nitrogens with one attached hydrogen (secondary N) is 1. The summed E-state index contributed by atoms with van der Waals surface area (Å²) in [6.45, 7) is 8.89. The molecule has 0 bridgehead atoms. The third-order valence-corrected chi connectivity index (χ3v) is 7.87. The van der Waals surface area contributed by atoms with Gasteiger partial charge in [0.1, 0.15) is 25.8 Å². The number of nitrogens with zero attached hydrogens (tertiary/aromatic N) is 2. The van der Waals surface area contributed by atoms with Crippen molar-refractivity contribution in [3.63, 3.8) is 0 Å². The third kappa shape index (κ3) is 7.29. The Kier molecular flexibility index (Phi) is 8.96. The third-order valence-electron chi connectivity index (χ3n) is 5.76. The number of benzene rings is 2. The van der Waals surface area contributed by atoms with Gasteiger partial charge >= 0.3 is 0 Å². The SMILES string of the molecule is CCS(=O)(=O)N(CC(=O)N(Cc1ccccc1Cl)[C@@H](C)C(=O)NC(C)(C)C)c1ccc2c(c1)OCCO2. The Labute approximate surface area is 223 Å². The van der Waals surface area contributed by atoms with Crippen LogP contribution in [0.25, 0.3) is 0 Å². The standard InChI is InChI=1S/C26H34ClN3O6S/c1-6-37(33,34)30(20-11-12-22-23(15-20)36-14-13-35-22)17-24(31)29(16-19-9-7-8-10-21(19)27)18(2)25(32)28-26(3,4)5/h7-12,15,18H,6,13-14,16-17H2,1-5H3,(H,28,32)/t18-/m0/s1. The molecule has 0 unspecified atom stereocenters. The van der Waals surface area contributed by atoms with E-state index < -0.39 is 34.1 Å². The average molecular weight is 552 g/mol. The summed E-state index contributed by atoms with van der Waals surface area (Å²) in [6.07, 6.45) is 0. The van der Waals surface area contributed by atoms with Crippen LogP contribution in [-0.2, 0) is 26.2 Å². The fourth-order valence-corrected chi connectivity index (χ4v) is 5.02. The van der Waals surface area contributed by atoms with E-state index in [2.05, 4.69) is 5.32 Å². The van der Waals surface area contributed by atoms with E-state index in [4.69, 9.17) is 21.1 Å². The number of hydrogen-bond acceptors (Lipinski definition) is 6. The molecule has 0 aliphatic carbocycles. The molecule has 1 heterocycles. The number of hydrogen-bond donors (Lipinski definition) is 1. The van der Waals surface area contributed by atoms with Crippen LogP contribution in [0.5, 0.6) is 11.5 Å². The predicted octanol–water partition coefficient (Wildman–Crippen LogP) is 3.60. The zero-order chi connectivity index (χ0) is 27.4. The number of amides is 2. The van der Waals surface area contributed by atoms with Crippen LogP contribution < -0.4 is 19.1 Å². The maximum atomic E-state index is 13.7. The molecule has 2 aromatic carbocycles. The molecule has 1 aliphatic heterocycles. The summed E-state index contributed by atoms with van der Waals surface area (Å²) in [5, 5.41) is 3.33. The highest BCUT2D eigenvalue weighted by atomic mass is 35.5. The van der Waals surface area contributed by atoms with Gasteiger partial charge in [-0.05, 0) is 58.4 Å². The van der Waals surface area contributed by atoms with Gasteiger partial charge in [-0.25, -0.2) is 8.42 Å². The van der Waals surface area contributed by atoms with Crippen LogP contribution in [-0.4, -0.2) is 62.2 Å². The molecular formula is C26H34ClN3O6S. The molecule has 2 aromatic rings. The quantitative estimate of drug-likeness (QED) is 0.510. The lowest BCUT2D eigenvalue weighted by atomic mass is 10.1. The van der Waals surface area contributed by atoms with E-state index in [1.807, 2.05) is 20.8 Å². The molecule has 11 heteroatoms. The molecule has 0 radical (unpaired) electrons. The van der Waals surface area contributed by atoms with Crippen molar-refractivity contribution < 1.29 is 27.5 Å². The maximum Gasteiger partial charge on any atom is 0.244 e. The number of anilines is 1. The molecule has 3 rings (SSSR count). The minimum absolute atomic E-state index is 0.0262. The number of halogens is 1. The van der Waals surface area contributed by atoms with Crippen molar-refractivity contribution in [3.05, 3.63) is 53.1 Å². The lowest BCUT2D eigenvalue weighted by Gasteiger charge is -2.33. The van der Waals surface area contributed by atoms with Crippen molar-refractivity contribution in [3.8, 4) is 11.5 Å². The Bertz CT molecular complexity index is 1250. The van der Waals surface area contributed by atoms with Gasteiger partial charge in [0.25, 0.3) is 0 Å². The number of rotatable bonds is 9. The molecule has 0 saturated heterocycles. The second-order valence-electron chi connectivity index (χ2n) is 9.76. The average Bonchev–Trinajstić information content (AvgIpc) is 2.84. The number of sulfonamides is 1. The van der Waals surface area contributed by atoms with Gasteiger partial charge in [-0.3, -0.25) is 13.9 Å². The smallest absolute Gasteiger partial charge is 0.244 e. The highest BCUT2D eigenvalue weighted by Crippen LogP contribution is 2.35. The predicted molar refractivity (Wildman–Crippen MR) is 144 cm³/mol. The molecule has 1 N–H and O–H groups in total. The Morgan fingerprint density at radius 3 is 2.35 bits per heavy atom. The molecule has 9 nitrogen and oxygen atoms in total. The van der Waals surface area contributed by atoms with Gasteiger partial charge in [0.15, 0.2) is 11.5 Å². The van der Waals surface area contributed by atoms with E-state index >= 15 is 0 Å². The van der Waals surface area contributed by atoms with Gasteiger partial charge in [0.2, 0.25) is 21.8 Å². The van der Waals surface area contributed by atoms with E-state index in [9.17, 15) is 18.0 Å². The number of fused-ring (bicyclic) bond motifs is 1. The maximum absolute atomic E-state index is 13.7. The van der Waals surface area contributed by atoms with Crippen LogP contribution in [0.4, 0.5) is 5.69 Å². The van der Waals surface area contributed by atoms with Gasteiger partial charge in [-0.15, -0.1) is 0 Å². The van der Waals surface area contributed by atoms with Gasteiger partial charge in [-0.1, -0.05) is 29.8 Å². The monoisotopic (exact) mass is 551 g/mol. The molecule has 202 valence electrons. The summed E-state index contributed by atoms with van der Waals surface area (Å²) in [6, 6.07) is 10.9. The fraction of sp³-hybridized carbons (Fsp3) is 0.462. The second-order valence-corrected chi connectivity index (χ2v) is 12.4. The Morgan fingerprint density at radius 2 is 1.73 bits per heavy atom. The Balaban J connectivity index is 1.97. The van der Waals surface area contributed by atoms with E-state index in [1.54, 1.807) is 49.4 Å². The molecule has 2 amide bonds. The second kappa shape index (κ2) is 11.6. The molecule has 37 heavy (non-hydrogen) atoms. The lowest BCUT2D eigenvalue weighted by Crippen LogP contribution is -2.54. The highest BCUT2D eigenvalue weighted by molar-refractivity contribution is 7.92. The normalized spacial score (nSPS) is 14.0. The first-order chi connectivity index (χ1) is 17.3. The largest absolute Gasteiger partial charge is 0.486 e. The minimum atomic E-state index is -3.86. The first-order valence-corrected chi connectivity index (χ1v) is 14.1. The highest BCUT2D eigenvalue weighted by Gasteiger charge is 2.32. The summed E-state index contributed by atoms with van der Waals surface area (Å²) in [5.74, 6) is -0.235. The molecular weight excluding hydrogens is 518 g/mol.